The number of ether oxygens (including phenoxy) is 1. The molecule has 0 amide bonds. The predicted molar refractivity (Wildman–Crippen MR) is 69.2 cm³/mol. The highest BCUT2D eigenvalue weighted by atomic mass is 32.2. The first kappa shape index (κ1) is 12.1. The van der Waals surface area contributed by atoms with Crippen molar-refractivity contribution in [2.45, 2.75) is 18.0 Å². The Balaban J connectivity index is 1.97. The van der Waals surface area contributed by atoms with Crippen LogP contribution in [0.15, 0.2) is 45.9 Å². The summed E-state index contributed by atoms with van der Waals surface area (Å²) in [6, 6.07) is 9.90. The van der Waals surface area contributed by atoms with Crippen LogP contribution in [0.1, 0.15) is 11.3 Å². The molecule has 0 aliphatic rings. The van der Waals surface area contributed by atoms with Gasteiger partial charge in [-0.2, -0.15) is 0 Å². The zero-order valence-electron chi connectivity index (χ0n) is 9.68. The summed E-state index contributed by atoms with van der Waals surface area (Å²) >= 11 is 1.71. The van der Waals surface area contributed by atoms with E-state index in [-0.39, 0.29) is 0 Å². The molecule has 0 spiro atoms. The van der Waals surface area contributed by atoms with E-state index in [2.05, 4.69) is 6.26 Å². The molecular weight excluding hydrogens is 234 g/mol. The quantitative estimate of drug-likeness (QED) is 0.827. The fourth-order valence-corrected chi connectivity index (χ4v) is 1.92. The second-order valence-corrected chi connectivity index (χ2v) is 4.42. The van der Waals surface area contributed by atoms with Crippen LogP contribution in [0.5, 0.6) is 5.75 Å². The van der Waals surface area contributed by atoms with Crippen molar-refractivity contribution in [2.24, 2.45) is 5.73 Å². The van der Waals surface area contributed by atoms with E-state index < -0.39 is 0 Å². The first-order valence-corrected chi connectivity index (χ1v) is 6.58. The van der Waals surface area contributed by atoms with Crippen LogP contribution in [0.3, 0.4) is 0 Å². The molecule has 0 radical (unpaired) electrons. The molecule has 1 aromatic heterocycles. The van der Waals surface area contributed by atoms with E-state index in [1.165, 1.54) is 4.90 Å². The fraction of sp³-hybridized carbons (Fsp3) is 0.231. The molecule has 17 heavy (non-hydrogen) atoms. The van der Waals surface area contributed by atoms with Gasteiger partial charge in [0, 0.05) is 10.5 Å². The summed E-state index contributed by atoms with van der Waals surface area (Å²) in [5.41, 5.74) is 6.55. The lowest BCUT2D eigenvalue weighted by Gasteiger charge is -2.06. The molecule has 0 fully saturated rings. The SMILES string of the molecule is CSc1ccc(OCc2ccoc2CN)cc1. The van der Waals surface area contributed by atoms with Gasteiger partial charge >= 0.3 is 0 Å². The summed E-state index contributed by atoms with van der Waals surface area (Å²) in [5.74, 6) is 1.64. The molecule has 2 aromatic rings. The molecular formula is C13H15NO2S. The molecule has 0 bridgehead atoms. The van der Waals surface area contributed by atoms with Crippen molar-refractivity contribution in [3.63, 3.8) is 0 Å². The van der Waals surface area contributed by atoms with Crippen LogP contribution in [0.25, 0.3) is 0 Å². The van der Waals surface area contributed by atoms with Crippen molar-refractivity contribution in [1.29, 1.82) is 0 Å². The first-order chi connectivity index (χ1) is 8.33. The van der Waals surface area contributed by atoms with Crippen LogP contribution in [-0.2, 0) is 13.2 Å². The Labute approximate surface area is 105 Å². The Morgan fingerprint density at radius 3 is 2.65 bits per heavy atom. The van der Waals surface area contributed by atoms with Gasteiger partial charge in [0.15, 0.2) is 0 Å². The number of nitrogens with two attached hydrogens (primary N) is 1. The summed E-state index contributed by atoms with van der Waals surface area (Å²) in [6.07, 6.45) is 3.69. The third-order valence-electron chi connectivity index (χ3n) is 2.48. The number of thioether (sulfide) groups is 1. The van der Waals surface area contributed by atoms with Crippen LogP contribution in [0, 0.1) is 0 Å². The van der Waals surface area contributed by atoms with Crippen molar-refractivity contribution >= 4 is 11.8 Å². The van der Waals surface area contributed by atoms with Crippen molar-refractivity contribution < 1.29 is 9.15 Å². The third-order valence-corrected chi connectivity index (χ3v) is 3.22. The Morgan fingerprint density at radius 2 is 2.00 bits per heavy atom. The zero-order valence-corrected chi connectivity index (χ0v) is 10.5. The summed E-state index contributed by atoms with van der Waals surface area (Å²) in [5, 5.41) is 0. The monoisotopic (exact) mass is 249 g/mol. The molecule has 1 aromatic carbocycles. The molecule has 2 rings (SSSR count). The van der Waals surface area contributed by atoms with Crippen molar-refractivity contribution in [1.82, 2.24) is 0 Å². The van der Waals surface area contributed by atoms with Crippen LogP contribution >= 0.6 is 11.8 Å². The fourth-order valence-electron chi connectivity index (χ4n) is 1.51. The largest absolute Gasteiger partial charge is 0.489 e. The molecule has 0 saturated carbocycles. The molecule has 90 valence electrons. The molecule has 0 aliphatic heterocycles. The van der Waals surface area contributed by atoms with E-state index in [9.17, 15) is 0 Å². The molecule has 4 heteroatoms. The normalized spacial score (nSPS) is 10.5. The smallest absolute Gasteiger partial charge is 0.123 e. The summed E-state index contributed by atoms with van der Waals surface area (Å²) in [6.45, 7) is 0.888. The van der Waals surface area contributed by atoms with Gasteiger partial charge in [-0.05, 0) is 36.6 Å². The molecule has 3 nitrogen and oxygen atoms in total. The number of rotatable bonds is 5. The van der Waals surface area contributed by atoms with E-state index in [0.29, 0.717) is 13.2 Å². The maximum Gasteiger partial charge on any atom is 0.123 e. The van der Waals surface area contributed by atoms with Crippen LogP contribution < -0.4 is 10.5 Å². The maximum atomic E-state index is 5.67. The Kier molecular flexibility index (Phi) is 4.12. The number of hydrogen-bond donors (Lipinski definition) is 1. The molecule has 0 unspecified atom stereocenters. The van der Waals surface area contributed by atoms with Gasteiger partial charge in [-0.1, -0.05) is 0 Å². The van der Waals surface area contributed by atoms with Crippen molar-refractivity contribution in [3.05, 3.63) is 47.9 Å². The van der Waals surface area contributed by atoms with Gasteiger partial charge < -0.3 is 14.9 Å². The maximum absolute atomic E-state index is 5.67. The van der Waals surface area contributed by atoms with Crippen LogP contribution in [0.4, 0.5) is 0 Å². The second kappa shape index (κ2) is 5.80. The van der Waals surface area contributed by atoms with Crippen LogP contribution in [-0.4, -0.2) is 6.26 Å². The number of hydrogen-bond acceptors (Lipinski definition) is 4. The molecule has 1 heterocycles. The molecule has 2 N–H and O–H groups in total. The van der Waals surface area contributed by atoms with Gasteiger partial charge in [-0.15, -0.1) is 11.8 Å². The average molecular weight is 249 g/mol. The Morgan fingerprint density at radius 1 is 1.24 bits per heavy atom. The minimum atomic E-state index is 0.400. The van der Waals surface area contributed by atoms with E-state index in [0.717, 1.165) is 17.1 Å². The zero-order chi connectivity index (χ0) is 12.1. The number of benzene rings is 1. The molecule has 0 saturated heterocycles. The number of furan rings is 1. The average Bonchev–Trinajstić information content (AvgIpc) is 2.84. The highest BCUT2D eigenvalue weighted by Crippen LogP contribution is 2.20. The van der Waals surface area contributed by atoms with E-state index in [4.69, 9.17) is 14.9 Å². The minimum Gasteiger partial charge on any atom is -0.489 e. The molecule has 0 aliphatic carbocycles. The third kappa shape index (κ3) is 3.05. The van der Waals surface area contributed by atoms with Gasteiger partial charge in [0.25, 0.3) is 0 Å². The standard InChI is InChI=1S/C13H15NO2S/c1-17-12-4-2-11(3-5-12)16-9-10-6-7-15-13(10)8-14/h2-7H,8-9,14H2,1H3. The summed E-state index contributed by atoms with van der Waals surface area (Å²) in [4.78, 5) is 1.23. The van der Waals surface area contributed by atoms with Gasteiger partial charge in [-0.25, -0.2) is 0 Å². The lowest BCUT2D eigenvalue weighted by molar-refractivity contribution is 0.302. The van der Waals surface area contributed by atoms with E-state index in [1.54, 1.807) is 18.0 Å². The van der Waals surface area contributed by atoms with Gasteiger partial charge in [0.05, 0.1) is 12.8 Å². The topological polar surface area (TPSA) is 48.4 Å². The lowest BCUT2D eigenvalue weighted by Crippen LogP contribution is -2.01. The lowest BCUT2D eigenvalue weighted by atomic mass is 10.2. The van der Waals surface area contributed by atoms with Gasteiger partial charge in [0.2, 0.25) is 0 Å². The minimum absolute atomic E-state index is 0.400. The highest BCUT2D eigenvalue weighted by molar-refractivity contribution is 7.98. The predicted octanol–water partition coefficient (Wildman–Crippen LogP) is 3.04. The molecule has 0 atom stereocenters. The van der Waals surface area contributed by atoms with Gasteiger partial charge in [-0.3, -0.25) is 0 Å². The van der Waals surface area contributed by atoms with Crippen molar-refractivity contribution in [3.8, 4) is 5.75 Å². The first-order valence-electron chi connectivity index (χ1n) is 5.35. The van der Waals surface area contributed by atoms with Gasteiger partial charge in [0.1, 0.15) is 18.1 Å². The van der Waals surface area contributed by atoms with E-state index >= 15 is 0 Å². The Hall–Kier alpha value is -1.39. The highest BCUT2D eigenvalue weighted by Gasteiger charge is 2.05. The summed E-state index contributed by atoms with van der Waals surface area (Å²) < 4.78 is 10.9. The van der Waals surface area contributed by atoms with Crippen molar-refractivity contribution in [2.75, 3.05) is 6.26 Å². The van der Waals surface area contributed by atoms with Crippen LogP contribution in [0.2, 0.25) is 0 Å². The summed E-state index contributed by atoms with van der Waals surface area (Å²) in [7, 11) is 0. The second-order valence-electron chi connectivity index (χ2n) is 3.54. The van der Waals surface area contributed by atoms with E-state index in [1.807, 2.05) is 30.3 Å². The Bertz CT molecular complexity index is 465.